The standard InChI is InChI=1S/C16H29N3O2/c1-12-14(3-2-4-15(12)17)16(20)19-6-5-13(11-19)18-7-9-21-10-8-18/h12-15H,2-11,17H2,1H3. The molecule has 2 heterocycles. The molecule has 21 heavy (non-hydrogen) atoms. The fourth-order valence-corrected chi connectivity index (χ4v) is 4.16. The van der Waals surface area contributed by atoms with Gasteiger partial charge in [0.2, 0.25) is 5.91 Å². The van der Waals surface area contributed by atoms with Crippen molar-refractivity contribution in [3.8, 4) is 0 Å². The first-order valence-corrected chi connectivity index (χ1v) is 8.53. The van der Waals surface area contributed by atoms with E-state index in [9.17, 15) is 4.79 Å². The van der Waals surface area contributed by atoms with E-state index in [4.69, 9.17) is 10.5 Å². The maximum Gasteiger partial charge on any atom is 0.226 e. The van der Waals surface area contributed by atoms with Gasteiger partial charge in [0, 0.05) is 44.2 Å². The minimum atomic E-state index is 0.150. The summed E-state index contributed by atoms with van der Waals surface area (Å²) < 4.78 is 5.42. The lowest BCUT2D eigenvalue weighted by Gasteiger charge is -2.36. The molecule has 4 atom stereocenters. The van der Waals surface area contributed by atoms with Crippen molar-refractivity contribution in [3.63, 3.8) is 0 Å². The van der Waals surface area contributed by atoms with E-state index in [0.29, 0.717) is 17.9 Å². The highest BCUT2D eigenvalue weighted by atomic mass is 16.5. The monoisotopic (exact) mass is 295 g/mol. The SMILES string of the molecule is CC1C(N)CCCC1C(=O)N1CCC(N2CCOCC2)C1. The van der Waals surface area contributed by atoms with Gasteiger partial charge in [-0.05, 0) is 25.2 Å². The summed E-state index contributed by atoms with van der Waals surface area (Å²) >= 11 is 0. The minimum Gasteiger partial charge on any atom is -0.379 e. The van der Waals surface area contributed by atoms with Crippen LogP contribution < -0.4 is 5.73 Å². The number of ether oxygens (including phenoxy) is 1. The molecule has 3 fully saturated rings. The second-order valence-corrected chi connectivity index (χ2v) is 6.94. The summed E-state index contributed by atoms with van der Waals surface area (Å²) in [5.74, 6) is 0.833. The van der Waals surface area contributed by atoms with Crippen LogP contribution in [-0.4, -0.2) is 67.2 Å². The zero-order valence-electron chi connectivity index (χ0n) is 13.2. The van der Waals surface area contributed by atoms with Gasteiger partial charge in [-0.1, -0.05) is 13.3 Å². The van der Waals surface area contributed by atoms with E-state index >= 15 is 0 Å². The quantitative estimate of drug-likeness (QED) is 0.814. The zero-order valence-corrected chi connectivity index (χ0v) is 13.2. The number of hydrogen-bond donors (Lipinski definition) is 1. The van der Waals surface area contributed by atoms with Gasteiger partial charge in [0.1, 0.15) is 0 Å². The third-order valence-corrected chi connectivity index (χ3v) is 5.72. The van der Waals surface area contributed by atoms with Crippen LogP contribution in [0.25, 0.3) is 0 Å². The lowest BCUT2D eigenvalue weighted by Crippen LogP contribution is -2.47. The molecule has 5 nitrogen and oxygen atoms in total. The molecule has 0 bridgehead atoms. The highest BCUT2D eigenvalue weighted by Gasteiger charge is 2.38. The highest BCUT2D eigenvalue weighted by molar-refractivity contribution is 5.79. The molecule has 0 spiro atoms. The molecule has 4 unspecified atom stereocenters. The molecule has 2 N–H and O–H groups in total. The van der Waals surface area contributed by atoms with Gasteiger partial charge in [-0.3, -0.25) is 9.69 Å². The Hall–Kier alpha value is -0.650. The molecule has 1 amide bonds. The molecular formula is C16H29N3O2. The van der Waals surface area contributed by atoms with Crippen molar-refractivity contribution >= 4 is 5.91 Å². The number of carbonyl (C=O) groups is 1. The van der Waals surface area contributed by atoms with Gasteiger partial charge in [0.15, 0.2) is 0 Å². The van der Waals surface area contributed by atoms with Crippen LogP contribution in [0.15, 0.2) is 0 Å². The summed E-state index contributed by atoms with van der Waals surface area (Å²) in [5, 5.41) is 0. The second kappa shape index (κ2) is 6.63. The van der Waals surface area contributed by atoms with E-state index in [1.165, 1.54) is 0 Å². The van der Waals surface area contributed by atoms with E-state index in [1.54, 1.807) is 0 Å². The third kappa shape index (κ3) is 3.25. The Morgan fingerprint density at radius 3 is 2.67 bits per heavy atom. The van der Waals surface area contributed by atoms with Crippen LogP contribution in [0.5, 0.6) is 0 Å². The number of amides is 1. The van der Waals surface area contributed by atoms with Gasteiger partial charge in [0.25, 0.3) is 0 Å². The summed E-state index contributed by atoms with van der Waals surface area (Å²) in [5.41, 5.74) is 6.16. The van der Waals surface area contributed by atoms with Crippen LogP contribution in [0, 0.1) is 11.8 Å². The van der Waals surface area contributed by atoms with Crippen LogP contribution in [0.1, 0.15) is 32.6 Å². The fourth-order valence-electron chi connectivity index (χ4n) is 4.16. The molecular weight excluding hydrogens is 266 g/mol. The molecule has 3 aliphatic rings. The molecule has 2 aliphatic heterocycles. The van der Waals surface area contributed by atoms with Crippen LogP contribution in [0.4, 0.5) is 0 Å². The summed E-state index contributed by atoms with van der Waals surface area (Å²) in [6.07, 6.45) is 4.30. The normalized spacial score (nSPS) is 38.7. The molecule has 2 saturated heterocycles. The Morgan fingerprint density at radius 2 is 1.90 bits per heavy atom. The van der Waals surface area contributed by atoms with Gasteiger partial charge in [-0.2, -0.15) is 0 Å². The van der Waals surface area contributed by atoms with Gasteiger partial charge in [0.05, 0.1) is 13.2 Å². The maximum absolute atomic E-state index is 12.8. The van der Waals surface area contributed by atoms with Crippen molar-refractivity contribution in [2.24, 2.45) is 17.6 Å². The molecule has 0 aromatic heterocycles. The van der Waals surface area contributed by atoms with Crippen LogP contribution >= 0.6 is 0 Å². The third-order valence-electron chi connectivity index (χ3n) is 5.72. The largest absolute Gasteiger partial charge is 0.379 e. The van der Waals surface area contributed by atoms with Crippen molar-refractivity contribution in [3.05, 3.63) is 0 Å². The van der Waals surface area contributed by atoms with Crippen LogP contribution in [0.2, 0.25) is 0 Å². The summed E-state index contributed by atoms with van der Waals surface area (Å²) in [6, 6.07) is 0.732. The van der Waals surface area contributed by atoms with Gasteiger partial charge in [-0.15, -0.1) is 0 Å². The molecule has 0 radical (unpaired) electrons. The van der Waals surface area contributed by atoms with Crippen molar-refractivity contribution < 1.29 is 9.53 Å². The number of nitrogens with zero attached hydrogens (tertiary/aromatic N) is 2. The summed E-state index contributed by atoms with van der Waals surface area (Å²) in [6.45, 7) is 7.66. The first kappa shape index (κ1) is 15.3. The first-order valence-electron chi connectivity index (χ1n) is 8.53. The Morgan fingerprint density at radius 1 is 1.14 bits per heavy atom. The summed E-state index contributed by atoms with van der Waals surface area (Å²) in [7, 11) is 0. The van der Waals surface area contributed by atoms with Crippen molar-refractivity contribution in [2.45, 2.75) is 44.7 Å². The highest BCUT2D eigenvalue weighted by Crippen LogP contribution is 2.31. The molecule has 3 rings (SSSR count). The van der Waals surface area contributed by atoms with Gasteiger partial charge < -0.3 is 15.4 Å². The minimum absolute atomic E-state index is 0.150. The molecule has 1 aliphatic carbocycles. The van der Waals surface area contributed by atoms with Crippen molar-refractivity contribution in [1.82, 2.24) is 9.80 Å². The van der Waals surface area contributed by atoms with E-state index in [-0.39, 0.29) is 12.0 Å². The van der Waals surface area contributed by atoms with E-state index in [1.807, 2.05) is 0 Å². The zero-order chi connectivity index (χ0) is 14.8. The lowest BCUT2D eigenvalue weighted by molar-refractivity contribution is -0.137. The number of carbonyl (C=O) groups excluding carboxylic acids is 1. The lowest BCUT2D eigenvalue weighted by atomic mass is 9.76. The van der Waals surface area contributed by atoms with Crippen molar-refractivity contribution in [1.29, 1.82) is 0 Å². The molecule has 0 aromatic rings. The molecule has 0 aromatic carbocycles. The fraction of sp³-hybridized carbons (Fsp3) is 0.938. The molecule has 1 saturated carbocycles. The smallest absolute Gasteiger partial charge is 0.226 e. The number of nitrogens with two attached hydrogens (primary N) is 1. The van der Waals surface area contributed by atoms with Crippen molar-refractivity contribution in [2.75, 3.05) is 39.4 Å². The van der Waals surface area contributed by atoms with Gasteiger partial charge >= 0.3 is 0 Å². The number of morpholine rings is 1. The molecule has 5 heteroatoms. The van der Waals surface area contributed by atoms with E-state index in [2.05, 4.69) is 16.7 Å². The van der Waals surface area contributed by atoms with Gasteiger partial charge in [-0.25, -0.2) is 0 Å². The summed E-state index contributed by atoms with van der Waals surface area (Å²) in [4.78, 5) is 17.4. The number of rotatable bonds is 2. The average molecular weight is 295 g/mol. The maximum atomic E-state index is 12.8. The Balaban J connectivity index is 1.56. The predicted molar refractivity (Wildman–Crippen MR) is 81.9 cm³/mol. The Bertz CT molecular complexity index is 371. The molecule has 120 valence electrons. The van der Waals surface area contributed by atoms with Crippen LogP contribution in [-0.2, 0) is 9.53 Å². The second-order valence-electron chi connectivity index (χ2n) is 6.94. The van der Waals surface area contributed by atoms with Crippen LogP contribution in [0.3, 0.4) is 0 Å². The average Bonchev–Trinajstić information content (AvgIpc) is 3.00. The Labute approximate surface area is 127 Å². The topological polar surface area (TPSA) is 58.8 Å². The van der Waals surface area contributed by atoms with E-state index in [0.717, 1.165) is 65.1 Å². The first-order chi connectivity index (χ1) is 10.2. The van der Waals surface area contributed by atoms with E-state index < -0.39 is 0 Å². The number of hydrogen-bond acceptors (Lipinski definition) is 4. The Kier molecular flexibility index (Phi) is 4.82. The number of likely N-dealkylation sites (tertiary alicyclic amines) is 1. The predicted octanol–water partition coefficient (Wildman–Crippen LogP) is 0.683.